The molecule has 4 aromatic rings. The van der Waals surface area contributed by atoms with Gasteiger partial charge in [0.2, 0.25) is 0 Å². The molecule has 0 aliphatic heterocycles. The van der Waals surface area contributed by atoms with Crippen molar-refractivity contribution < 1.29 is 14.4 Å². The Morgan fingerprint density at radius 1 is 1.16 bits per heavy atom. The number of non-ortho nitro benzene ring substituents is 1. The predicted octanol–water partition coefficient (Wildman–Crippen LogP) is 7.23. The third kappa shape index (κ3) is 4.22. The lowest BCUT2D eigenvalue weighted by Gasteiger charge is -2.02. The Balaban J connectivity index is 1.67. The maximum absolute atomic E-state index is 10.9. The molecule has 32 heavy (non-hydrogen) atoms. The van der Waals surface area contributed by atoms with E-state index in [9.17, 15) is 20.5 Å². The van der Waals surface area contributed by atoms with Crippen LogP contribution in [0.3, 0.4) is 0 Å². The zero-order valence-electron chi connectivity index (χ0n) is 16.0. The number of aliphatic hydroxyl groups is 1. The molecule has 0 fully saturated rings. The number of thiazole rings is 1. The van der Waals surface area contributed by atoms with Crippen LogP contribution in [0.5, 0.6) is 0 Å². The second kappa shape index (κ2) is 8.85. The van der Waals surface area contributed by atoms with Crippen LogP contribution < -0.4 is 0 Å². The molecule has 0 spiro atoms. The number of benzene rings is 2. The molecule has 2 aromatic carbocycles. The summed E-state index contributed by atoms with van der Waals surface area (Å²) >= 11 is 13.3. The fourth-order valence-corrected chi connectivity index (χ4v) is 4.11. The van der Waals surface area contributed by atoms with Gasteiger partial charge in [0.15, 0.2) is 11.5 Å². The van der Waals surface area contributed by atoms with Crippen LogP contribution in [-0.2, 0) is 0 Å². The van der Waals surface area contributed by atoms with Gasteiger partial charge in [-0.15, -0.1) is 11.3 Å². The van der Waals surface area contributed by atoms with Crippen molar-refractivity contribution in [1.82, 2.24) is 4.98 Å². The Kier molecular flexibility index (Phi) is 5.97. The summed E-state index contributed by atoms with van der Waals surface area (Å²) in [7, 11) is 0. The number of hydrogen-bond donors (Lipinski definition) is 1. The molecule has 0 atom stereocenters. The molecular weight excluding hydrogens is 473 g/mol. The van der Waals surface area contributed by atoms with E-state index >= 15 is 0 Å². The number of aliphatic hydroxyl groups excluding tert-OH is 1. The summed E-state index contributed by atoms with van der Waals surface area (Å²) in [5.74, 6) is -0.0623. The number of nitriles is 1. The van der Waals surface area contributed by atoms with Crippen molar-refractivity contribution >= 4 is 51.6 Å². The van der Waals surface area contributed by atoms with E-state index in [-0.39, 0.29) is 33.6 Å². The van der Waals surface area contributed by atoms with Crippen molar-refractivity contribution in [3.8, 4) is 28.7 Å². The fourth-order valence-electron chi connectivity index (χ4n) is 2.89. The molecule has 158 valence electrons. The Hall–Kier alpha value is -3.64. The Labute approximate surface area is 195 Å². The number of nitro groups is 1. The minimum atomic E-state index is -0.552. The predicted molar refractivity (Wildman–Crippen MR) is 123 cm³/mol. The summed E-state index contributed by atoms with van der Waals surface area (Å²) in [6.45, 7) is 0. The topological polar surface area (TPSA) is 113 Å². The average Bonchev–Trinajstić information content (AvgIpc) is 3.45. The molecule has 0 unspecified atom stereocenters. The van der Waals surface area contributed by atoms with E-state index in [1.165, 1.54) is 35.6 Å². The molecule has 10 heteroatoms. The first kappa shape index (κ1) is 21.6. The van der Waals surface area contributed by atoms with Crippen LogP contribution in [0.15, 0.2) is 64.4 Å². The van der Waals surface area contributed by atoms with E-state index in [1.807, 2.05) is 18.2 Å². The lowest BCUT2D eigenvalue weighted by Crippen LogP contribution is -1.89. The number of halogens is 2. The van der Waals surface area contributed by atoms with Gasteiger partial charge in [0.25, 0.3) is 5.69 Å². The molecule has 4 rings (SSSR count). The first-order valence-electron chi connectivity index (χ1n) is 8.97. The number of nitro benzene ring substituents is 1. The summed E-state index contributed by atoms with van der Waals surface area (Å²) in [6.07, 6.45) is 0. The van der Waals surface area contributed by atoms with Crippen LogP contribution in [-0.4, -0.2) is 15.0 Å². The van der Waals surface area contributed by atoms with E-state index in [2.05, 4.69) is 4.98 Å². The first-order valence-corrected chi connectivity index (χ1v) is 10.6. The maximum atomic E-state index is 10.9. The molecule has 0 saturated carbocycles. The lowest BCUT2D eigenvalue weighted by molar-refractivity contribution is -0.384. The monoisotopic (exact) mass is 483 g/mol. The average molecular weight is 484 g/mol. The summed E-state index contributed by atoms with van der Waals surface area (Å²) < 4.78 is 5.67. The number of aromatic nitrogens is 1. The van der Waals surface area contributed by atoms with E-state index in [4.69, 9.17) is 27.6 Å². The molecule has 0 aliphatic rings. The second-order valence-corrected chi connectivity index (χ2v) is 8.17. The van der Waals surface area contributed by atoms with E-state index in [0.29, 0.717) is 21.3 Å². The van der Waals surface area contributed by atoms with Crippen molar-refractivity contribution in [2.45, 2.75) is 0 Å². The van der Waals surface area contributed by atoms with E-state index in [1.54, 1.807) is 23.6 Å². The number of rotatable bonds is 5. The van der Waals surface area contributed by atoms with Crippen molar-refractivity contribution in [2.75, 3.05) is 0 Å². The van der Waals surface area contributed by atoms with Crippen molar-refractivity contribution in [1.29, 1.82) is 5.26 Å². The zero-order chi connectivity index (χ0) is 22.8. The van der Waals surface area contributed by atoms with Crippen LogP contribution in [0.1, 0.15) is 10.8 Å². The summed E-state index contributed by atoms with van der Waals surface area (Å²) in [5.41, 5.74) is 1.67. The zero-order valence-corrected chi connectivity index (χ0v) is 18.3. The van der Waals surface area contributed by atoms with Gasteiger partial charge < -0.3 is 9.52 Å². The lowest BCUT2D eigenvalue weighted by atomic mass is 10.1. The SMILES string of the molecule is N#CC(=C(O)c1ccc(-c2ccc([N+](=O)[O-])cc2Cl)o1)c1nc(-c2ccc(Cl)cc2)cs1. The molecule has 0 amide bonds. The van der Waals surface area contributed by atoms with Crippen LogP contribution in [0, 0.1) is 21.4 Å². The third-order valence-corrected chi connectivity index (χ3v) is 5.90. The maximum Gasteiger partial charge on any atom is 0.270 e. The van der Waals surface area contributed by atoms with Crippen molar-refractivity contribution in [3.63, 3.8) is 0 Å². The summed E-state index contributed by atoms with van der Waals surface area (Å²) in [6, 6.07) is 16.1. The van der Waals surface area contributed by atoms with Crippen molar-refractivity contribution in [2.24, 2.45) is 0 Å². The van der Waals surface area contributed by atoms with Gasteiger partial charge in [-0.05, 0) is 30.3 Å². The van der Waals surface area contributed by atoms with Gasteiger partial charge in [-0.25, -0.2) is 4.98 Å². The number of allylic oxidation sites excluding steroid dienone is 1. The quantitative estimate of drug-likeness (QED) is 0.138. The van der Waals surface area contributed by atoms with Crippen molar-refractivity contribution in [3.05, 3.63) is 90.9 Å². The normalized spacial score (nSPS) is 11.7. The third-order valence-electron chi connectivity index (χ3n) is 4.47. The van der Waals surface area contributed by atoms with E-state index in [0.717, 1.165) is 5.56 Å². The van der Waals surface area contributed by atoms with Crippen LogP contribution in [0.4, 0.5) is 5.69 Å². The number of furan rings is 1. The molecule has 0 saturated heterocycles. The fraction of sp³-hybridized carbons (Fsp3) is 0. The molecule has 1 N–H and O–H groups in total. The highest BCUT2D eigenvalue weighted by Gasteiger charge is 2.19. The molecule has 2 heterocycles. The van der Waals surface area contributed by atoms with Crippen LogP contribution in [0.2, 0.25) is 10.0 Å². The first-order chi connectivity index (χ1) is 15.4. The highest BCUT2D eigenvalue weighted by atomic mass is 35.5. The van der Waals surface area contributed by atoms with Gasteiger partial charge >= 0.3 is 0 Å². The Morgan fingerprint density at radius 2 is 1.91 bits per heavy atom. The Bertz CT molecular complexity index is 1400. The largest absolute Gasteiger partial charge is 0.503 e. The smallest absolute Gasteiger partial charge is 0.270 e. The molecule has 7 nitrogen and oxygen atoms in total. The van der Waals surface area contributed by atoms with Gasteiger partial charge in [0, 0.05) is 33.7 Å². The number of hydrogen-bond acceptors (Lipinski definition) is 7. The minimum Gasteiger partial charge on any atom is -0.503 e. The molecule has 2 aromatic heterocycles. The molecule has 0 radical (unpaired) electrons. The second-order valence-electron chi connectivity index (χ2n) is 6.47. The van der Waals surface area contributed by atoms with E-state index < -0.39 is 4.92 Å². The number of nitrogens with zero attached hydrogens (tertiary/aromatic N) is 3. The van der Waals surface area contributed by atoms with Gasteiger partial charge in [0.05, 0.1) is 15.6 Å². The van der Waals surface area contributed by atoms with Gasteiger partial charge in [0.1, 0.15) is 22.4 Å². The summed E-state index contributed by atoms with van der Waals surface area (Å²) in [5, 5.41) is 34.0. The van der Waals surface area contributed by atoms with Crippen LogP contribution in [0.25, 0.3) is 33.9 Å². The highest BCUT2D eigenvalue weighted by Crippen LogP contribution is 2.35. The van der Waals surface area contributed by atoms with Crippen LogP contribution >= 0.6 is 34.5 Å². The standard InChI is InChI=1S/C22H11Cl2N3O4S/c23-13-3-1-12(2-4-13)18-11-32-22(26-18)16(10-25)21(28)20-8-7-19(31-20)15-6-5-14(27(29)30)9-17(15)24/h1-9,11,28H. The highest BCUT2D eigenvalue weighted by molar-refractivity contribution is 7.11. The molecular formula is C22H11Cl2N3O4S. The minimum absolute atomic E-state index is 0.0363. The molecule has 0 bridgehead atoms. The van der Waals surface area contributed by atoms with Gasteiger partial charge in [-0.1, -0.05) is 35.3 Å². The Morgan fingerprint density at radius 3 is 2.56 bits per heavy atom. The summed E-state index contributed by atoms with van der Waals surface area (Å²) in [4.78, 5) is 14.8. The van der Waals surface area contributed by atoms with Gasteiger partial charge in [-0.2, -0.15) is 5.26 Å². The van der Waals surface area contributed by atoms with Gasteiger partial charge in [-0.3, -0.25) is 10.1 Å². The molecule has 0 aliphatic carbocycles.